The number of hydrogen-bond donors (Lipinski definition) is 1. The molecule has 0 spiro atoms. The zero-order chi connectivity index (χ0) is 13.7. The molecule has 1 atom stereocenters. The molecule has 1 N–H and O–H groups in total. The molecule has 0 amide bonds. The van der Waals surface area contributed by atoms with Crippen molar-refractivity contribution < 1.29 is 0 Å². The van der Waals surface area contributed by atoms with E-state index < -0.39 is 0 Å². The van der Waals surface area contributed by atoms with Gasteiger partial charge in [0.1, 0.15) is 0 Å². The quantitative estimate of drug-likeness (QED) is 0.883. The molecule has 0 saturated carbocycles. The normalized spacial score (nSPS) is 22.6. The average molecular weight is 261 g/mol. The summed E-state index contributed by atoms with van der Waals surface area (Å²) in [6.07, 6.45) is 6.40. The Labute approximate surface area is 117 Å². The lowest BCUT2D eigenvalue weighted by atomic mass is 9.77. The summed E-state index contributed by atoms with van der Waals surface area (Å²) in [4.78, 5) is 6.61. The van der Waals surface area contributed by atoms with Crippen molar-refractivity contribution in [3.8, 4) is 0 Å². The second-order valence-corrected chi connectivity index (χ2v) is 6.28. The van der Waals surface area contributed by atoms with Gasteiger partial charge in [-0.3, -0.25) is 9.88 Å². The number of hydrogen-bond acceptors (Lipinski definition) is 3. The van der Waals surface area contributed by atoms with Gasteiger partial charge in [0, 0.05) is 31.5 Å². The largest absolute Gasteiger partial charge is 0.312 e. The van der Waals surface area contributed by atoms with Crippen LogP contribution in [0.3, 0.4) is 0 Å². The first kappa shape index (κ1) is 14.5. The minimum absolute atomic E-state index is 0.407. The van der Waals surface area contributed by atoms with Crippen LogP contribution in [0.15, 0.2) is 24.5 Å². The number of aromatic nitrogens is 1. The van der Waals surface area contributed by atoms with Crippen LogP contribution in [0.4, 0.5) is 0 Å². The summed E-state index contributed by atoms with van der Waals surface area (Å²) in [6, 6.07) is 4.83. The molecular weight excluding hydrogens is 234 g/mol. The van der Waals surface area contributed by atoms with Crippen molar-refractivity contribution in [1.82, 2.24) is 15.2 Å². The zero-order valence-corrected chi connectivity index (χ0v) is 12.5. The molecule has 0 aromatic carbocycles. The molecule has 0 radical (unpaired) electrons. The minimum Gasteiger partial charge on any atom is -0.312 e. The average Bonchev–Trinajstić information content (AvgIpc) is 2.41. The second kappa shape index (κ2) is 6.49. The lowest BCUT2D eigenvalue weighted by molar-refractivity contribution is 0.125. The third-order valence-electron chi connectivity index (χ3n) is 4.38. The highest BCUT2D eigenvalue weighted by atomic mass is 15.2. The van der Waals surface area contributed by atoms with Crippen LogP contribution in [-0.2, 0) is 6.54 Å². The van der Waals surface area contributed by atoms with Crippen LogP contribution < -0.4 is 5.32 Å². The van der Waals surface area contributed by atoms with E-state index in [9.17, 15) is 0 Å². The fraction of sp³-hybridized carbons (Fsp3) is 0.688. The number of pyridine rings is 1. The lowest BCUT2D eigenvalue weighted by Gasteiger charge is -2.42. The highest BCUT2D eigenvalue weighted by Crippen LogP contribution is 2.30. The number of rotatable bonds is 5. The lowest BCUT2D eigenvalue weighted by Crippen LogP contribution is -2.52. The maximum Gasteiger partial charge on any atom is 0.0271 e. The Bertz CT molecular complexity index is 375. The Kier molecular flexibility index (Phi) is 4.94. The first-order valence-electron chi connectivity index (χ1n) is 7.46. The molecule has 3 nitrogen and oxygen atoms in total. The van der Waals surface area contributed by atoms with Gasteiger partial charge in [-0.2, -0.15) is 0 Å². The monoisotopic (exact) mass is 261 g/mol. The Balaban J connectivity index is 1.95. The molecule has 1 fully saturated rings. The van der Waals surface area contributed by atoms with Crippen LogP contribution in [0.25, 0.3) is 0 Å². The van der Waals surface area contributed by atoms with Gasteiger partial charge < -0.3 is 5.32 Å². The van der Waals surface area contributed by atoms with Crippen molar-refractivity contribution in [2.24, 2.45) is 5.41 Å². The maximum atomic E-state index is 4.09. The van der Waals surface area contributed by atoms with Crippen molar-refractivity contribution in [2.75, 3.05) is 19.6 Å². The highest BCUT2D eigenvalue weighted by molar-refractivity contribution is 5.09. The molecule has 19 heavy (non-hydrogen) atoms. The zero-order valence-electron chi connectivity index (χ0n) is 12.5. The molecule has 3 heteroatoms. The molecule has 1 aliphatic heterocycles. The van der Waals surface area contributed by atoms with Gasteiger partial charge in [-0.25, -0.2) is 0 Å². The predicted molar refractivity (Wildman–Crippen MR) is 80.0 cm³/mol. The van der Waals surface area contributed by atoms with Crippen LogP contribution in [0.1, 0.15) is 39.2 Å². The summed E-state index contributed by atoms with van der Waals surface area (Å²) in [7, 11) is 0. The summed E-state index contributed by atoms with van der Waals surface area (Å²) in [5.41, 5.74) is 1.76. The number of likely N-dealkylation sites (N-methyl/N-ethyl adjacent to an activating group) is 1. The van der Waals surface area contributed by atoms with Crippen LogP contribution in [0.2, 0.25) is 0 Å². The van der Waals surface area contributed by atoms with Crippen LogP contribution in [-0.4, -0.2) is 35.6 Å². The molecule has 1 saturated heterocycles. The first-order chi connectivity index (χ1) is 9.12. The van der Waals surface area contributed by atoms with E-state index in [4.69, 9.17) is 0 Å². The minimum atomic E-state index is 0.407. The number of nitrogens with zero attached hydrogens (tertiary/aromatic N) is 2. The number of nitrogens with one attached hydrogen (secondary N) is 1. The third-order valence-corrected chi connectivity index (χ3v) is 4.38. The molecule has 0 aliphatic carbocycles. The third kappa shape index (κ3) is 4.02. The van der Waals surface area contributed by atoms with E-state index >= 15 is 0 Å². The standard InChI is InChI=1S/C16H27N3/c1-4-19(12-14-6-10-17-11-7-14)13-15-16(2,3)8-5-9-18-15/h6-7,10-11,15,18H,4-5,8-9,12-13H2,1-3H3. The molecule has 1 aliphatic rings. The highest BCUT2D eigenvalue weighted by Gasteiger charge is 2.32. The first-order valence-corrected chi connectivity index (χ1v) is 7.46. The Morgan fingerprint density at radius 3 is 2.74 bits per heavy atom. The van der Waals surface area contributed by atoms with E-state index in [2.05, 4.69) is 48.1 Å². The van der Waals surface area contributed by atoms with E-state index in [1.807, 2.05) is 12.4 Å². The van der Waals surface area contributed by atoms with Gasteiger partial charge in [0.15, 0.2) is 0 Å². The van der Waals surface area contributed by atoms with E-state index in [1.54, 1.807) is 0 Å². The van der Waals surface area contributed by atoms with Gasteiger partial charge in [0.2, 0.25) is 0 Å². The summed E-state index contributed by atoms with van der Waals surface area (Å²) >= 11 is 0. The van der Waals surface area contributed by atoms with Crippen molar-refractivity contribution in [3.63, 3.8) is 0 Å². The summed E-state index contributed by atoms with van der Waals surface area (Å²) < 4.78 is 0. The molecule has 2 heterocycles. The number of piperidine rings is 1. The molecule has 2 rings (SSSR count). The Morgan fingerprint density at radius 1 is 1.37 bits per heavy atom. The SMILES string of the molecule is CCN(Cc1ccncc1)CC1NCCCC1(C)C. The summed E-state index contributed by atoms with van der Waals surface area (Å²) in [5.74, 6) is 0. The molecular formula is C16H27N3. The second-order valence-electron chi connectivity index (χ2n) is 6.28. The van der Waals surface area contributed by atoms with Crippen molar-refractivity contribution >= 4 is 0 Å². The molecule has 1 unspecified atom stereocenters. The van der Waals surface area contributed by atoms with Crippen molar-refractivity contribution in [3.05, 3.63) is 30.1 Å². The van der Waals surface area contributed by atoms with E-state index in [1.165, 1.54) is 24.9 Å². The predicted octanol–water partition coefficient (Wildman–Crippen LogP) is 2.68. The molecule has 106 valence electrons. The van der Waals surface area contributed by atoms with Gasteiger partial charge in [0.25, 0.3) is 0 Å². The molecule has 0 bridgehead atoms. The van der Waals surface area contributed by atoms with Crippen molar-refractivity contribution in [1.29, 1.82) is 0 Å². The summed E-state index contributed by atoms with van der Waals surface area (Å²) in [5, 5.41) is 3.71. The van der Waals surface area contributed by atoms with E-state index in [0.717, 1.165) is 19.6 Å². The van der Waals surface area contributed by atoms with Gasteiger partial charge in [-0.05, 0) is 49.0 Å². The fourth-order valence-corrected chi connectivity index (χ4v) is 2.89. The van der Waals surface area contributed by atoms with Crippen LogP contribution in [0.5, 0.6) is 0 Å². The van der Waals surface area contributed by atoms with Gasteiger partial charge in [-0.1, -0.05) is 20.8 Å². The summed E-state index contributed by atoms with van der Waals surface area (Å²) in [6.45, 7) is 11.4. The fourth-order valence-electron chi connectivity index (χ4n) is 2.89. The molecule has 1 aromatic heterocycles. The van der Waals surface area contributed by atoms with E-state index in [0.29, 0.717) is 11.5 Å². The Hall–Kier alpha value is -0.930. The Morgan fingerprint density at radius 2 is 2.11 bits per heavy atom. The van der Waals surface area contributed by atoms with Crippen molar-refractivity contribution in [2.45, 2.75) is 46.2 Å². The van der Waals surface area contributed by atoms with Gasteiger partial charge in [-0.15, -0.1) is 0 Å². The topological polar surface area (TPSA) is 28.2 Å². The smallest absolute Gasteiger partial charge is 0.0271 e. The van der Waals surface area contributed by atoms with E-state index in [-0.39, 0.29) is 0 Å². The van der Waals surface area contributed by atoms with Gasteiger partial charge in [0.05, 0.1) is 0 Å². The molecule has 1 aromatic rings. The van der Waals surface area contributed by atoms with Crippen LogP contribution >= 0.6 is 0 Å². The van der Waals surface area contributed by atoms with Crippen LogP contribution in [0, 0.1) is 5.41 Å². The maximum absolute atomic E-state index is 4.09. The van der Waals surface area contributed by atoms with Gasteiger partial charge >= 0.3 is 0 Å².